The zero-order valence-corrected chi connectivity index (χ0v) is 8.44. The van der Waals surface area contributed by atoms with Crippen LogP contribution in [0.5, 0.6) is 0 Å². The van der Waals surface area contributed by atoms with Gasteiger partial charge in [0.1, 0.15) is 0 Å². The summed E-state index contributed by atoms with van der Waals surface area (Å²) in [5.74, 6) is -0.740. The number of hydrazone groups is 1. The van der Waals surface area contributed by atoms with Crippen LogP contribution in [0.2, 0.25) is 0 Å². The Balaban J connectivity index is 4.44. The van der Waals surface area contributed by atoms with E-state index in [2.05, 4.69) is 14.6 Å². The maximum absolute atomic E-state index is 11.1. The fourth-order valence-corrected chi connectivity index (χ4v) is 0.605. The summed E-state index contributed by atoms with van der Waals surface area (Å²) in [6.45, 7) is 1.79. The molecule has 0 aliphatic carbocycles. The Morgan fingerprint density at radius 3 is 2.67 bits per heavy atom. The monoisotopic (exact) mass is 213 g/mol. The normalized spacial score (nSPS) is 10.1. The Kier molecular flexibility index (Phi) is 6.29. The van der Waals surface area contributed by atoms with Gasteiger partial charge in [-0.1, -0.05) is 0 Å². The van der Waals surface area contributed by atoms with Crippen molar-refractivity contribution in [2.24, 2.45) is 5.10 Å². The number of esters is 1. The number of carbonyl (C=O) groups excluding carboxylic acids is 2. The van der Waals surface area contributed by atoms with Crippen molar-refractivity contribution in [2.75, 3.05) is 13.7 Å². The van der Waals surface area contributed by atoms with Gasteiger partial charge in [-0.15, -0.1) is 0 Å². The molecule has 0 aromatic rings. The van der Waals surface area contributed by atoms with Crippen LogP contribution in [0.4, 0.5) is 4.79 Å². The first-order chi connectivity index (χ1) is 7.15. The number of rotatable bonds is 4. The van der Waals surface area contributed by atoms with Crippen LogP contribution in [-0.4, -0.2) is 31.5 Å². The lowest BCUT2D eigenvalue weighted by Crippen LogP contribution is -2.24. The van der Waals surface area contributed by atoms with Gasteiger partial charge in [0.05, 0.1) is 26.2 Å². The Morgan fingerprint density at radius 2 is 2.20 bits per heavy atom. The summed E-state index contributed by atoms with van der Waals surface area (Å²) < 4.78 is 8.84. The maximum atomic E-state index is 11.1. The minimum absolute atomic E-state index is 0.168. The Hall–Kier alpha value is -2.10. The summed E-state index contributed by atoms with van der Waals surface area (Å²) in [6.07, 6.45) is -1.07. The van der Waals surface area contributed by atoms with Crippen molar-refractivity contribution in [3.63, 3.8) is 0 Å². The fourth-order valence-electron chi connectivity index (χ4n) is 0.605. The van der Waals surface area contributed by atoms with Crippen LogP contribution >= 0.6 is 0 Å². The van der Waals surface area contributed by atoms with Crippen molar-refractivity contribution in [1.82, 2.24) is 5.43 Å². The van der Waals surface area contributed by atoms with E-state index in [-0.39, 0.29) is 18.7 Å². The second-order valence-corrected chi connectivity index (χ2v) is 2.22. The molecule has 0 saturated carbocycles. The number of nitriles is 1. The molecule has 0 saturated heterocycles. The second kappa shape index (κ2) is 7.32. The lowest BCUT2D eigenvalue weighted by molar-refractivity contribution is -0.135. The third kappa shape index (κ3) is 5.25. The van der Waals surface area contributed by atoms with Gasteiger partial charge < -0.3 is 9.47 Å². The zero-order valence-electron chi connectivity index (χ0n) is 8.44. The summed E-state index contributed by atoms with van der Waals surface area (Å²) >= 11 is 0. The number of ether oxygens (including phenoxy) is 2. The Morgan fingerprint density at radius 1 is 1.53 bits per heavy atom. The molecule has 1 amide bonds. The minimum Gasteiger partial charge on any atom is -0.461 e. The molecule has 0 unspecified atom stereocenters. The third-order valence-electron chi connectivity index (χ3n) is 1.23. The highest BCUT2D eigenvalue weighted by atomic mass is 16.5. The molecule has 0 atom stereocenters. The number of nitrogens with one attached hydrogen (secondary N) is 1. The molecule has 82 valence electrons. The van der Waals surface area contributed by atoms with Gasteiger partial charge in [0.2, 0.25) is 0 Å². The van der Waals surface area contributed by atoms with E-state index in [9.17, 15) is 9.59 Å². The van der Waals surface area contributed by atoms with Crippen LogP contribution in [0, 0.1) is 11.3 Å². The predicted molar refractivity (Wildman–Crippen MR) is 49.8 cm³/mol. The first-order valence-electron chi connectivity index (χ1n) is 4.10. The number of hydrogen-bond acceptors (Lipinski definition) is 6. The molecule has 15 heavy (non-hydrogen) atoms. The largest absolute Gasteiger partial charge is 0.461 e. The zero-order chi connectivity index (χ0) is 11.7. The Bertz CT molecular complexity index is 305. The minimum atomic E-state index is -0.824. The molecule has 7 heteroatoms. The summed E-state index contributed by atoms with van der Waals surface area (Å²) in [7, 11) is 1.15. The van der Waals surface area contributed by atoms with Crippen molar-refractivity contribution in [3.05, 3.63) is 0 Å². The SMILES string of the molecule is CCOC(=O)C(CC#N)=NNC(=O)OC. The van der Waals surface area contributed by atoms with Crippen LogP contribution in [0.15, 0.2) is 5.10 Å². The lowest BCUT2D eigenvalue weighted by atomic mass is 10.3. The number of hydrogen-bond donors (Lipinski definition) is 1. The molecular formula is C8H11N3O4. The molecular weight excluding hydrogens is 202 g/mol. The molecule has 7 nitrogen and oxygen atoms in total. The van der Waals surface area contributed by atoms with Crippen molar-refractivity contribution in [1.29, 1.82) is 5.26 Å². The van der Waals surface area contributed by atoms with Gasteiger partial charge in [0.15, 0.2) is 5.71 Å². The van der Waals surface area contributed by atoms with Gasteiger partial charge in [-0.05, 0) is 6.92 Å². The van der Waals surface area contributed by atoms with Crippen molar-refractivity contribution in [3.8, 4) is 6.07 Å². The number of nitrogens with zero attached hydrogens (tertiary/aromatic N) is 2. The average Bonchev–Trinajstić information content (AvgIpc) is 2.23. The van der Waals surface area contributed by atoms with Crippen LogP contribution in [0.3, 0.4) is 0 Å². The summed E-state index contributed by atoms with van der Waals surface area (Å²) in [6, 6.07) is 1.73. The molecule has 0 heterocycles. The first kappa shape index (κ1) is 12.9. The van der Waals surface area contributed by atoms with E-state index in [4.69, 9.17) is 5.26 Å². The molecule has 0 rings (SSSR count). The molecule has 0 aliphatic heterocycles. The van der Waals surface area contributed by atoms with E-state index < -0.39 is 12.1 Å². The first-order valence-corrected chi connectivity index (χ1v) is 4.10. The highest BCUT2D eigenvalue weighted by molar-refractivity contribution is 6.37. The van der Waals surface area contributed by atoms with E-state index in [1.54, 1.807) is 13.0 Å². The lowest BCUT2D eigenvalue weighted by Gasteiger charge is -2.02. The van der Waals surface area contributed by atoms with E-state index in [0.29, 0.717) is 0 Å². The predicted octanol–water partition coefficient (Wildman–Crippen LogP) is 0.175. The highest BCUT2D eigenvalue weighted by Crippen LogP contribution is 1.90. The number of methoxy groups -OCH3 is 1. The molecule has 0 fully saturated rings. The van der Waals surface area contributed by atoms with Crippen LogP contribution in [-0.2, 0) is 14.3 Å². The van der Waals surface area contributed by atoms with Crippen LogP contribution < -0.4 is 5.43 Å². The molecule has 0 spiro atoms. The fraction of sp³-hybridized carbons (Fsp3) is 0.500. The summed E-state index contributed by atoms with van der Waals surface area (Å²) in [5, 5.41) is 11.8. The van der Waals surface area contributed by atoms with Gasteiger partial charge in [-0.25, -0.2) is 15.0 Å². The van der Waals surface area contributed by atoms with E-state index in [0.717, 1.165) is 7.11 Å². The van der Waals surface area contributed by atoms with Gasteiger partial charge in [0.25, 0.3) is 0 Å². The van der Waals surface area contributed by atoms with Gasteiger partial charge in [0, 0.05) is 0 Å². The van der Waals surface area contributed by atoms with Crippen LogP contribution in [0.1, 0.15) is 13.3 Å². The topological polar surface area (TPSA) is 101 Å². The standard InChI is InChI=1S/C8H11N3O4/c1-3-15-7(12)6(4-5-9)10-11-8(13)14-2/h3-4H2,1-2H3,(H,11,13). The van der Waals surface area contributed by atoms with Gasteiger partial charge >= 0.3 is 12.1 Å². The van der Waals surface area contributed by atoms with Crippen molar-refractivity contribution in [2.45, 2.75) is 13.3 Å². The molecule has 0 aliphatic rings. The number of carbonyl (C=O) groups is 2. The molecule has 0 radical (unpaired) electrons. The Labute approximate surface area is 86.7 Å². The molecule has 0 aromatic carbocycles. The average molecular weight is 213 g/mol. The maximum Gasteiger partial charge on any atom is 0.427 e. The van der Waals surface area contributed by atoms with E-state index in [1.807, 2.05) is 5.43 Å². The molecule has 1 N–H and O–H groups in total. The van der Waals surface area contributed by atoms with Gasteiger partial charge in [-0.3, -0.25) is 0 Å². The second-order valence-electron chi connectivity index (χ2n) is 2.22. The molecule has 0 aromatic heterocycles. The quantitative estimate of drug-likeness (QED) is 0.407. The summed E-state index contributed by atoms with van der Waals surface area (Å²) in [4.78, 5) is 21.8. The number of amides is 1. The smallest absolute Gasteiger partial charge is 0.427 e. The van der Waals surface area contributed by atoms with E-state index in [1.165, 1.54) is 0 Å². The van der Waals surface area contributed by atoms with E-state index >= 15 is 0 Å². The third-order valence-corrected chi connectivity index (χ3v) is 1.23. The molecule has 0 bridgehead atoms. The van der Waals surface area contributed by atoms with Crippen LogP contribution in [0.25, 0.3) is 0 Å². The van der Waals surface area contributed by atoms with Crippen molar-refractivity contribution >= 4 is 17.8 Å². The van der Waals surface area contributed by atoms with Crippen molar-refractivity contribution < 1.29 is 19.1 Å². The summed E-state index contributed by atoms with van der Waals surface area (Å²) in [5.41, 5.74) is 1.76. The van der Waals surface area contributed by atoms with Gasteiger partial charge in [-0.2, -0.15) is 10.4 Å². The highest BCUT2D eigenvalue weighted by Gasteiger charge is 2.12.